The minimum Gasteiger partial charge on any atom is -0.354 e. The molecule has 0 bridgehead atoms. The van der Waals surface area contributed by atoms with E-state index in [0.29, 0.717) is 12.2 Å². The summed E-state index contributed by atoms with van der Waals surface area (Å²) in [5, 5.41) is 3.03. The summed E-state index contributed by atoms with van der Waals surface area (Å²) in [5.74, 6) is -0.545. The van der Waals surface area contributed by atoms with Gasteiger partial charge in [-0.15, -0.1) is 0 Å². The molecule has 0 saturated carbocycles. The highest BCUT2D eigenvalue weighted by Crippen LogP contribution is 2.29. The third-order valence-corrected chi connectivity index (χ3v) is 9.71. The molecule has 0 aliphatic heterocycles. The van der Waals surface area contributed by atoms with Crippen LogP contribution in [-0.4, -0.2) is 44.3 Å². The number of aryl methyl sites for hydroxylation is 4. The Morgan fingerprint density at radius 2 is 1.33 bits per heavy atom. The Hall–Kier alpha value is -4.43. The van der Waals surface area contributed by atoms with Crippen molar-refractivity contribution >= 4 is 27.5 Å². The SMILES string of the molecule is Cc1ccc(CN(C(=O)CN(c2ccc(C)cc2C)S(=O)(=O)c2ccc(C)cc2)C(Cc2ccccc2)C(=O)NCC(C)C)cc1. The van der Waals surface area contributed by atoms with E-state index in [-0.39, 0.29) is 29.7 Å². The van der Waals surface area contributed by atoms with E-state index >= 15 is 0 Å². The molecule has 8 heteroatoms. The van der Waals surface area contributed by atoms with Crippen LogP contribution >= 0.6 is 0 Å². The Morgan fingerprint density at radius 1 is 0.739 bits per heavy atom. The molecule has 0 aliphatic carbocycles. The van der Waals surface area contributed by atoms with Gasteiger partial charge in [0.2, 0.25) is 11.8 Å². The fourth-order valence-electron chi connectivity index (χ4n) is 5.30. The minimum absolute atomic E-state index is 0.0893. The molecule has 1 unspecified atom stereocenters. The molecule has 4 rings (SSSR count). The number of nitrogens with one attached hydrogen (secondary N) is 1. The lowest BCUT2D eigenvalue weighted by Gasteiger charge is -2.34. The predicted octanol–water partition coefficient (Wildman–Crippen LogP) is 6.53. The Morgan fingerprint density at radius 3 is 1.91 bits per heavy atom. The van der Waals surface area contributed by atoms with Gasteiger partial charge in [0.15, 0.2) is 0 Å². The summed E-state index contributed by atoms with van der Waals surface area (Å²) in [6, 6.07) is 28.6. The van der Waals surface area contributed by atoms with Gasteiger partial charge in [0, 0.05) is 19.5 Å². The number of amides is 2. The highest BCUT2D eigenvalue weighted by molar-refractivity contribution is 7.92. The van der Waals surface area contributed by atoms with Gasteiger partial charge < -0.3 is 10.2 Å². The number of hydrogen-bond donors (Lipinski definition) is 1. The minimum atomic E-state index is -4.15. The molecule has 4 aromatic carbocycles. The van der Waals surface area contributed by atoms with Gasteiger partial charge in [-0.3, -0.25) is 13.9 Å². The molecule has 0 aliphatic rings. The molecular weight excluding hydrogens is 595 g/mol. The molecule has 7 nitrogen and oxygen atoms in total. The lowest BCUT2D eigenvalue weighted by molar-refractivity contribution is -0.140. The molecule has 0 saturated heterocycles. The summed E-state index contributed by atoms with van der Waals surface area (Å²) >= 11 is 0. The normalized spacial score (nSPS) is 12.1. The van der Waals surface area contributed by atoms with E-state index in [9.17, 15) is 18.0 Å². The second kappa shape index (κ2) is 15.2. The number of carbonyl (C=O) groups is 2. The zero-order valence-electron chi connectivity index (χ0n) is 27.7. The third-order valence-electron chi connectivity index (χ3n) is 7.94. The van der Waals surface area contributed by atoms with Gasteiger partial charge in [0.25, 0.3) is 10.0 Å². The van der Waals surface area contributed by atoms with Crippen LogP contribution in [0.2, 0.25) is 0 Å². The fraction of sp³-hybridized carbons (Fsp3) is 0.316. The van der Waals surface area contributed by atoms with Crippen molar-refractivity contribution in [2.45, 2.75) is 65.4 Å². The molecule has 0 spiro atoms. The molecule has 0 aromatic heterocycles. The maximum absolute atomic E-state index is 14.6. The number of hydrogen-bond acceptors (Lipinski definition) is 4. The van der Waals surface area contributed by atoms with Gasteiger partial charge in [-0.1, -0.05) is 109 Å². The standard InChI is InChI=1S/C38H45N3O4S/c1-27(2)24-39-38(43)36(23-32-10-8-7-9-11-32)40(25-33-17-12-28(3)13-18-33)37(42)26-41(35-21-16-30(5)22-31(35)6)46(44,45)34-19-14-29(4)15-20-34/h7-22,27,36H,23-26H2,1-6H3,(H,39,43). The average molecular weight is 640 g/mol. The van der Waals surface area contributed by atoms with Gasteiger partial charge in [0.05, 0.1) is 10.6 Å². The van der Waals surface area contributed by atoms with Crippen molar-refractivity contribution < 1.29 is 18.0 Å². The van der Waals surface area contributed by atoms with Crippen LogP contribution in [0.4, 0.5) is 5.69 Å². The van der Waals surface area contributed by atoms with Crippen LogP contribution in [-0.2, 0) is 32.6 Å². The van der Waals surface area contributed by atoms with Gasteiger partial charge in [-0.25, -0.2) is 8.42 Å². The van der Waals surface area contributed by atoms with Crippen LogP contribution in [0.3, 0.4) is 0 Å². The van der Waals surface area contributed by atoms with Crippen molar-refractivity contribution in [1.29, 1.82) is 0 Å². The van der Waals surface area contributed by atoms with Crippen molar-refractivity contribution in [2.24, 2.45) is 5.92 Å². The highest BCUT2D eigenvalue weighted by atomic mass is 32.2. The maximum atomic E-state index is 14.6. The first-order valence-electron chi connectivity index (χ1n) is 15.7. The lowest BCUT2D eigenvalue weighted by Crippen LogP contribution is -2.53. The van der Waals surface area contributed by atoms with Crippen LogP contribution in [0.15, 0.2) is 102 Å². The van der Waals surface area contributed by atoms with Crippen molar-refractivity contribution in [3.63, 3.8) is 0 Å². The Bertz CT molecular complexity index is 1740. The number of carbonyl (C=O) groups excluding carboxylic acids is 2. The number of rotatable bonds is 13. The summed E-state index contributed by atoms with van der Waals surface area (Å²) in [6.07, 6.45) is 0.274. The molecule has 0 radical (unpaired) electrons. The summed E-state index contributed by atoms with van der Waals surface area (Å²) in [4.78, 5) is 30.2. The molecule has 0 heterocycles. The monoisotopic (exact) mass is 639 g/mol. The summed E-state index contributed by atoms with van der Waals surface area (Å²) in [6.45, 7) is 11.8. The van der Waals surface area contributed by atoms with Crippen molar-refractivity contribution in [3.8, 4) is 0 Å². The van der Waals surface area contributed by atoms with Crippen LogP contribution < -0.4 is 9.62 Å². The fourth-order valence-corrected chi connectivity index (χ4v) is 6.78. The summed E-state index contributed by atoms with van der Waals surface area (Å²) < 4.78 is 29.7. The van der Waals surface area contributed by atoms with E-state index in [1.54, 1.807) is 30.3 Å². The first kappa shape index (κ1) is 34.4. The molecular formula is C38H45N3O4S. The number of anilines is 1. The number of nitrogens with zero attached hydrogens (tertiary/aromatic N) is 2. The first-order chi connectivity index (χ1) is 21.8. The molecule has 242 valence electrons. The summed E-state index contributed by atoms with van der Waals surface area (Å²) in [5.41, 5.74) is 5.85. The van der Waals surface area contributed by atoms with Gasteiger partial charge in [-0.05, 0) is 68.5 Å². The predicted molar refractivity (Wildman–Crippen MR) is 185 cm³/mol. The molecule has 1 atom stereocenters. The quantitative estimate of drug-likeness (QED) is 0.180. The van der Waals surface area contributed by atoms with Crippen LogP contribution in [0.25, 0.3) is 0 Å². The molecule has 4 aromatic rings. The Balaban J connectivity index is 1.82. The topological polar surface area (TPSA) is 86.8 Å². The Labute approximate surface area is 274 Å². The highest BCUT2D eigenvalue weighted by Gasteiger charge is 2.35. The van der Waals surface area contributed by atoms with Gasteiger partial charge >= 0.3 is 0 Å². The van der Waals surface area contributed by atoms with Gasteiger partial charge in [0.1, 0.15) is 12.6 Å². The largest absolute Gasteiger partial charge is 0.354 e. The van der Waals surface area contributed by atoms with E-state index in [4.69, 9.17) is 0 Å². The molecule has 1 N–H and O–H groups in total. The van der Waals surface area contributed by atoms with Gasteiger partial charge in [-0.2, -0.15) is 0 Å². The lowest BCUT2D eigenvalue weighted by atomic mass is 10.0. The van der Waals surface area contributed by atoms with Crippen molar-refractivity contribution in [3.05, 3.63) is 130 Å². The summed E-state index contributed by atoms with van der Waals surface area (Å²) in [7, 11) is -4.15. The molecule has 2 amide bonds. The van der Waals surface area contributed by atoms with Crippen molar-refractivity contribution in [2.75, 3.05) is 17.4 Å². The first-order valence-corrected chi connectivity index (χ1v) is 17.1. The Kier molecular flexibility index (Phi) is 11.4. The average Bonchev–Trinajstić information content (AvgIpc) is 3.02. The van der Waals surface area contributed by atoms with E-state index in [0.717, 1.165) is 33.4 Å². The van der Waals surface area contributed by atoms with E-state index in [1.165, 1.54) is 9.21 Å². The molecule has 0 fully saturated rings. The van der Waals surface area contributed by atoms with E-state index in [2.05, 4.69) is 5.32 Å². The maximum Gasteiger partial charge on any atom is 0.264 e. The van der Waals surface area contributed by atoms with E-state index in [1.807, 2.05) is 108 Å². The number of benzene rings is 4. The molecule has 46 heavy (non-hydrogen) atoms. The van der Waals surface area contributed by atoms with Crippen molar-refractivity contribution in [1.82, 2.24) is 10.2 Å². The smallest absolute Gasteiger partial charge is 0.264 e. The number of sulfonamides is 1. The zero-order valence-corrected chi connectivity index (χ0v) is 28.5. The van der Waals surface area contributed by atoms with Crippen LogP contribution in [0.5, 0.6) is 0 Å². The van der Waals surface area contributed by atoms with E-state index < -0.39 is 28.5 Å². The van der Waals surface area contributed by atoms with Crippen LogP contribution in [0, 0.1) is 33.6 Å². The third kappa shape index (κ3) is 8.85. The zero-order chi connectivity index (χ0) is 33.4. The second-order valence-corrected chi connectivity index (χ2v) is 14.3. The van der Waals surface area contributed by atoms with Crippen LogP contribution in [0.1, 0.15) is 47.2 Å². The second-order valence-electron chi connectivity index (χ2n) is 12.5.